The minimum absolute atomic E-state index is 0.201. The highest BCUT2D eigenvalue weighted by molar-refractivity contribution is 5.79. The van der Waals surface area contributed by atoms with Gasteiger partial charge in [0.15, 0.2) is 0 Å². The Labute approximate surface area is 108 Å². The quantitative estimate of drug-likeness (QED) is 0.873. The molecule has 1 aliphatic heterocycles. The molecule has 0 spiro atoms. The van der Waals surface area contributed by atoms with Crippen molar-refractivity contribution in [2.45, 2.75) is 32.2 Å². The molecule has 18 heavy (non-hydrogen) atoms. The summed E-state index contributed by atoms with van der Waals surface area (Å²) in [5, 5.41) is 0. The zero-order chi connectivity index (χ0) is 13.0. The molecule has 1 amide bonds. The van der Waals surface area contributed by atoms with E-state index in [-0.39, 0.29) is 5.91 Å². The van der Waals surface area contributed by atoms with Gasteiger partial charge in [-0.3, -0.25) is 9.78 Å². The molecule has 0 saturated carbocycles. The molecule has 2 heterocycles. The van der Waals surface area contributed by atoms with Crippen LogP contribution in [0.1, 0.15) is 25.3 Å². The standard InChI is InChI=1S/C14H21N3O/c1-11-2-3-13(9-15)10-17(11)14(18)8-12-4-6-16-7-5-12/h4-7,11,13H,2-3,8-10,15H2,1H3. The van der Waals surface area contributed by atoms with E-state index < -0.39 is 0 Å². The fourth-order valence-corrected chi connectivity index (χ4v) is 2.50. The Balaban J connectivity index is 1.99. The fraction of sp³-hybridized carbons (Fsp3) is 0.571. The van der Waals surface area contributed by atoms with E-state index >= 15 is 0 Å². The maximum atomic E-state index is 12.3. The fourth-order valence-electron chi connectivity index (χ4n) is 2.50. The Bertz CT molecular complexity index is 393. The molecule has 0 radical (unpaired) electrons. The first-order valence-electron chi connectivity index (χ1n) is 6.59. The lowest BCUT2D eigenvalue weighted by atomic mass is 9.93. The average molecular weight is 247 g/mol. The molecule has 98 valence electrons. The number of hydrogen-bond acceptors (Lipinski definition) is 3. The van der Waals surface area contributed by atoms with E-state index in [0.29, 0.717) is 24.9 Å². The summed E-state index contributed by atoms with van der Waals surface area (Å²) < 4.78 is 0. The maximum Gasteiger partial charge on any atom is 0.227 e. The van der Waals surface area contributed by atoms with E-state index in [1.807, 2.05) is 17.0 Å². The molecule has 4 heteroatoms. The van der Waals surface area contributed by atoms with Crippen LogP contribution in [0.2, 0.25) is 0 Å². The van der Waals surface area contributed by atoms with Gasteiger partial charge in [0.25, 0.3) is 0 Å². The van der Waals surface area contributed by atoms with Gasteiger partial charge in [0.05, 0.1) is 6.42 Å². The van der Waals surface area contributed by atoms with Crippen molar-refractivity contribution in [1.82, 2.24) is 9.88 Å². The number of likely N-dealkylation sites (tertiary alicyclic amines) is 1. The number of hydrogen-bond donors (Lipinski definition) is 1. The van der Waals surface area contributed by atoms with Gasteiger partial charge in [-0.2, -0.15) is 0 Å². The highest BCUT2D eigenvalue weighted by atomic mass is 16.2. The van der Waals surface area contributed by atoms with Crippen LogP contribution in [0.3, 0.4) is 0 Å². The second kappa shape index (κ2) is 5.96. The Morgan fingerprint density at radius 3 is 2.83 bits per heavy atom. The molecule has 2 atom stereocenters. The highest BCUT2D eigenvalue weighted by Crippen LogP contribution is 2.21. The van der Waals surface area contributed by atoms with E-state index in [1.54, 1.807) is 12.4 Å². The van der Waals surface area contributed by atoms with Crippen LogP contribution in [-0.4, -0.2) is 34.9 Å². The average Bonchev–Trinajstić information content (AvgIpc) is 2.40. The van der Waals surface area contributed by atoms with Crippen molar-refractivity contribution < 1.29 is 4.79 Å². The molecule has 2 unspecified atom stereocenters. The first-order chi connectivity index (χ1) is 8.70. The third kappa shape index (κ3) is 3.07. The van der Waals surface area contributed by atoms with Gasteiger partial charge in [0, 0.05) is 25.0 Å². The van der Waals surface area contributed by atoms with Crippen LogP contribution in [0, 0.1) is 5.92 Å². The van der Waals surface area contributed by atoms with Crippen molar-refractivity contribution in [2.24, 2.45) is 11.7 Å². The number of amides is 1. The zero-order valence-corrected chi connectivity index (χ0v) is 10.9. The lowest BCUT2D eigenvalue weighted by molar-refractivity contribution is -0.134. The van der Waals surface area contributed by atoms with Gasteiger partial charge < -0.3 is 10.6 Å². The van der Waals surface area contributed by atoms with Gasteiger partial charge in [-0.05, 0) is 49.9 Å². The molecule has 0 bridgehead atoms. The number of nitrogens with zero attached hydrogens (tertiary/aromatic N) is 2. The van der Waals surface area contributed by atoms with Crippen molar-refractivity contribution in [3.63, 3.8) is 0 Å². The molecule has 2 rings (SSSR count). The number of piperidine rings is 1. The second-order valence-electron chi connectivity index (χ2n) is 5.11. The van der Waals surface area contributed by atoms with Gasteiger partial charge in [-0.15, -0.1) is 0 Å². The van der Waals surface area contributed by atoms with Crippen molar-refractivity contribution in [3.8, 4) is 0 Å². The lowest BCUT2D eigenvalue weighted by Gasteiger charge is -2.37. The van der Waals surface area contributed by atoms with Crippen molar-refractivity contribution in [1.29, 1.82) is 0 Å². The summed E-state index contributed by atoms with van der Waals surface area (Å²) in [6, 6.07) is 4.13. The van der Waals surface area contributed by atoms with Crippen molar-refractivity contribution in [2.75, 3.05) is 13.1 Å². The summed E-state index contributed by atoms with van der Waals surface area (Å²) in [7, 11) is 0. The Morgan fingerprint density at radius 1 is 1.44 bits per heavy atom. The first kappa shape index (κ1) is 13.0. The van der Waals surface area contributed by atoms with Crippen LogP contribution in [0.15, 0.2) is 24.5 Å². The van der Waals surface area contributed by atoms with Gasteiger partial charge >= 0.3 is 0 Å². The molecule has 0 aliphatic carbocycles. The topological polar surface area (TPSA) is 59.2 Å². The summed E-state index contributed by atoms with van der Waals surface area (Å²) >= 11 is 0. The van der Waals surface area contributed by atoms with Crippen LogP contribution in [-0.2, 0) is 11.2 Å². The third-order valence-corrected chi connectivity index (χ3v) is 3.74. The SMILES string of the molecule is CC1CCC(CN)CN1C(=O)Cc1ccncc1. The number of carbonyl (C=O) groups excluding carboxylic acids is 1. The Hall–Kier alpha value is -1.42. The van der Waals surface area contributed by atoms with Crippen molar-refractivity contribution in [3.05, 3.63) is 30.1 Å². The largest absolute Gasteiger partial charge is 0.339 e. The van der Waals surface area contributed by atoms with E-state index in [4.69, 9.17) is 5.73 Å². The van der Waals surface area contributed by atoms with Gasteiger partial charge in [0.1, 0.15) is 0 Å². The van der Waals surface area contributed by atoms with Crippen LogP contribution in [0.4, 0.5) is 0 Å². The number of aromatic nitrogens is 1. The predicted octanol–water partition coefficient (Wildman–Crippen LogP) is 1.21. The van der Waals surface area contributed by atoms with Crippen LogP contribution in [0.25, 0.3) is 0 Å². The summed E-state index contributed by atoms with van der Waals surface area (Å²) in [5.74, 6) is 0.662. The summed E-state index contributed by atoms with van der Waals surface area (Å²) in [4.78, 5) is 18.3. The molecule has 0 aromatic carbocycles. The maximum absolute atomic E-state index is 12.3. The monoisotopic (exact) mass is 247 g/mol. The Morgan fingerprint density at radius 2 is 2.17 bits per heavy atom. The number of carbonyl (C=O) groups is 1. The smallest absolute Gasteiger partial charge is 0.227 e. The first-order valence-corrected chi connectivity index (χ1v) is 6.59. The normalized spacial score (nSPS) is 24.0. The third-order valence-electron chi connectivity index (χ3n) is 3.74. The van der Waals surface area contributed by atoms with Gasteiger partial charge in [0.2, 0.25) is 5.91 Å². The minimum Gasteiger partial charge on any atom is -0.339 e. The minimum atomic E-state index is 0.201. The number of rotatable bonds is 3. The molecule has 1 aromatic heterocycles. The van der Waals surface area contributed by atoms with E-state index in [2.05, 4.69) is 11.9 Å². The second-order valence-corrected chi connectivity index (χ2v) is 5.11. The van der Waals surface area contributed by atoms with Crippen LogP contribution >= 0.6 is 0 Å². The van der Waals surface area contributed by atoms with E-state index in [9.17, 15) is 4.79 Å². The summed E-state index contributed by atoms with van der Waals surface area (Å²) in [6.45, 7) is 3.60. The molecule has 4 nitrogen and oxygen atoms in total. The van der Waals surface area contributed by atoms with E-state index in [0.717, 1.165) is 24.9 Å². The highest BCUT2D eigenvalue weighted by Gasteiger charge is 2.27. The molecular weight excluding hydrogens is 226 g/mol. The predicted molar refractivity (Wildman–Crippen MR) is 70.9 cm³/mol. The zero-order valence-electron chi connectivity index (χ0n) is 10.9. The molecule has 1 fully saturated rings. The molecule has 1 aromatic rings. The van der Waals surface area contributed by atoms with Gasteiger partial charge in [-0.1, -0.05) is 0 Å². The molecule has 1 aliphatic rings. The summed E-state index contributed by atoms with van der Waals surface area (Å²) in [6.07, 6.45) is 6.11. The summed E-state index contributed by atoms with van der Waals surface area (Å²) in [5.41, 5.74) is 6.74. The number of nitrogens with two attached hydrogens (primary N) is 1. The van der Waals surface area contributed by atoms with Crippen molar-refractivity contribution >= 4 is 5.91 Å². The van der Waals surface area contributed by atoms with Crippen LogP contribution in [0.5, 0.6) is 0 Å². The van der Waals surface area contributed by atoms with E-state index in [1.165, 1.54) is 0 Å². The lowest BCUT2D eigenvalue weighted by Crippen LogP contribution is -2.47. The Kier molecular flexibility index (Phi) is 4.31. The molecular formula is C14H21N3O. The molecule has 2 N–H and O–H groups in total. The van der Waals surface area contributed by atoms with Crippen LogP contribution < -0.4 is 5.73 Å². The molecule has 1 saturated heterocycles. The number of pyridine rings is 1. The van der Waals surface area contributed by atoms with Gasteiger partial charge in [-0.25, -0.2) is 0 Å².